The molecule has 0 radical (unpaired) electrons. The number of sulfone groups is 1. The van der Waals surface area contributed by atoms with Gasteiger partial charge in [-0.15, -0.1) is 0 Å². The van der Waals surface area contributed by atoms with Gasteiger partial charge < -0.3 is 14.5 Å². The lowest BCUT2D eigenvalue weighted by Crippen LogP contribution is -2.52. The van der Waals surface area contributed by atoms with Crippen LogP contribution in [-0.2, 0) is 30.6 Å². The lowest BCUT2D eigenvalue weighted by Gasteiger charge is -2.34. The third-order valence-electron chi connectivity index (χ3n) is 5.90. The zero-order chi connectivity index (χ0) is 20.9. The monoisotopic (exact) mass is 422 g/mol. The summed E-state index contributed by atoms with van der Waals surface area (Å²) in [6.07, 6.45) is 3.09. The van der Waals surface area contributed by atoms with E-state index in [0.29, 0.717) is 25.4 Å². The summed E-state index contributed by atoms with van der Waals surface area (Å²) in [6, 6.07) is 9.85. The Hall–Kier alpha value is -1.93. The molecule has 3 rings (SSSR count). The van der Waals surface area contributed by atoms with E-state index in [1.165, 1.54) is 17.6 Å². The molecular formula is C21H30N2O5S. The zero-order valence-corrected chi connectivity index (χ0v) is 17.8. The maximum Gasteiger partial charge on any atom is 0.312 e. The summed E-state index contributed by atoms with van der Waals surface area (Å²) >= 11 is 0. The summed E-state index contributed by atoms with van der Waals surface area (Å²) in [5.41, 5.74) is 1.29. The number of carbonyl (C=O) groups is 2. The topological polar surface area (TPSA) is 84.0 Å². The molecule has 2 aliphatic heterocycles. The summed E-state index contributed by atoms with van der Waals surface area (Å²) in [7, 11) is -1.63. The lowest BCUT2D eigenvalue weighted by atomic mass is 9.90. The van der Waals surface area contributed by atoms with E-state index in [1.807, 2.05) is 18.2 Å². The van der Waals surface area contributed by atoms with Crippen LogP contribution in [0.1, 0.15) is 24.8 Å². The summed E-state index contributed by atoms with van der Waals surface area (Å²) in [4.78, 5) is 28.8. The molecule has 2 aliphatic rings. The summed E-state index contributed by atoms with van der Waals surface area (Å²) in [5.74, 6) is -0.641. The van der Waals surface area contributed by atoms with Crippen molar-refractivity contribution in [2.24, 2.45) is 5.92 Å². The second kappa shape index (κ2) is 9.71. The highest BCUT2D eigenvalue weighted by Crippen LogP contribution is 2.23. The molecule has 2 saturated heterocycles. The molecule has 29 heavy (non-hydrogen) atoms. The van der Waals surface area contributed by atoms with Crippen LogP contribution >= 0.6 is 0 Å². The molecular weight excluding hydrogens is 392 g/mol. The van der Waals surface area contributed by atoms with Crippen molar-refractivity contribution in [3.05, 3.63) is 35.9 Å². The molecule has 2 fully saturated rings. The van der Waals surface area contributed by atoms with Crippen LogP contribution in [0.2, 0.25) is 0 Å². The van der Waals surface area contributed by atoms with Gasteiger partial charge >= 0.3 is 11.8 Å². The normalized spacial score (nSPS) is 21.8. The molecule has 7 nitrogen and oxygen atoms in total. The maximum absolute atomic E-state index is 12.9. The van der Waals surface area contributed by atoms with Gasteiger partial charge in [0.15, 0.2) is 9.84 Å². The first-order valence-electron chi connectivity index (χ1n) is 10.2. The number of hydrogen-bond acceptors (Lipinski definition) is 5. The minimum absolute atomic E-state index is 0.0630. The molecule has 2 amide bonds. The van der Waals surface area contributed by atoms with Crippen LogP contribution in [0.15, 0.2) is 30.3 Å². The van der Waals surface area contributed by atoms with Gasteiger partial charge in [0.1, 0.15) is 0 Å². The van der Waals surface area contributed by atoms with Gasteiger partial charge in [0.05, 0.1) is 18.1 Å². The first kappa shape index (κ1) is 21.8. The average Bonchev–Trinajstić information content (AvgIpc) is 3.08. The Morgan fingerprint density at radius 1 is 1.14 bits per heavy atom. The van der Waals surface area contributed by atoms with E-state index >= 15 is 0 Å². The fraction of sp³-hybridized carbons (Fsp3) is 0.619. The van der Waals surface area contributed by atoms with Crippen LogP contribution in [0.3, 0.4) is 0 Å². The Morgan fingerprint density at radius 3 is 2.41 bits per heavy atom. The van der Waals surface area contributed by atoms with Crippen molar-refractivity contribution in [3.63, 3.8) is 0 Å². The number of hydrogen-bond donors (Lipinski definition) is 0. The first-order chi connectivity index (χ1) is 13.9. The van der Waals surface area contributed by atoms with Crippen molar-refractivity contribution < 1.29 is 22.7 Å². The molecule has 2 heterocycles. The van der Waals surface area contributed by atoms with Gasteiger partial charge in [0.25, 0.3) is 0 Å². The third-order valence-corrected chi connectivity index (χ3v) is 7.65. The number of rotatable bonds is 6. The van der Waals surface area contributed by atoms with E-state index in [2.05, 4.69) is 12.1 Å². The van der Waals surface area contributed by atoms with Gasteiger partial charge in [-0.2, -0.15) is 0 Å². The van der Waals surface area contributed by atoms with Gasteiger partial charge in [-0.3, -0.25) is 9.59 Å². The largest absolute Gasteiger partial charge is 0.383 e. The minimum Gasteiger partial charge on any atom is -0.383 e. The van der Waals surface area contributed by atoms with Crippen LogP contribution in [0.4, 0.5) is 0 Å². The SMILES string of the molecule is COCCN(C(=O)C(=O)N1CCC(Cc2ccccc2)CC1)C1CCS(=O)(=O)C1. The number of piperidine rings is 1. The summed E-state index contributed by atoms with van der Waals surface area (Å²) < 4.78 is 28.7. The molecule has 8 heteroatoms. The summed E-state index contributed by atoms with van der Waals surface area (Å²) in [5, 5.41) is 0. The van der Waals surface area contributed by atoms with Crippen molar-refractivity contribution in [1.29, 1.82) is 0 Å². The van der Waals surface area contributed by atoms with Crippen LogP contribution in [0.25, 0.3) is 0 Å². The number of ether oxygens (including phenoxy) is 1. The smallest absolute Gasteiger partial charge is 0.312 e. The van der Waals surface area contributed by atoms with E-state index in [9.17, 15) is 18.0 Å². The number of amides is 2. The molecule has 0 saturated carbocycles. The van der Waals surface area contributed by atoms with Crippen molar-refractivity contribution in [2.75, 3.05) is 44.9 Å². The molecule has 1 aromatic rings. The van der Waals surface area contributed by atoms with Gasteiger partial charge in [-0.1, -0.05) is 30.3 Å². The first-order valence-corrected chi connectivity index (χ1v) is 12.0. The predicted molar refractivity (Wildman–Crippen MR) is 110 cm³/mol. The molecule has 1 atom stereocenters. The highest BCUT2D eigenvalue weighted by atomic mass is 32.2. The molecule has 0 aliphatic carbocycles. The second-order valence-electron chi connectivity index (χ2n) is 7.97. The van der Waals surface area contributed by atoms with Crippen molar-refractivity contribution in [2.45, 2.75) is 31.7 Å². The number of likely N-dealkylation sites (tertiary alicyclic amines) is 1. The van der Waals surface area contributed by atoms with Crippen LogP contribution in [0, 0.1) is 5.92 Å². The fourth-order valence-corrected chi connectivity index (χ4v) is 5.94. The Balaban J connectivity index is 1.57. The standard InChI is InChI=1S/C21H30N2O5S/c1-28-13-12-23(19-9-14-29(26,27)16-19)21(25)20(24)22-10-7-18(8-11-22)15-17-5-3-2-4-6-17/h2-6,18-19H,7-16H2,1H3. The number of nitrogens with zero attached hydrogens (tertiary/aromatic N) is 2. The van der Waals surface area contributed by atoms with Gasteiger partial charge in [0, 0.05) is 32.8 Å². The van der Waals surface area contributed by atoms with E-state index in [0.717, 1.165) is 19.3 Å². The third kappa shape index (κ3) is 5.79. The molecule has 1 unspecified atom stereocenters. The second-order valence-corrected chi connectivity index (χ2v) is 10.2. The average molecular weight is 423 g/mol. The minimum atomic E-state index is -3.15. The van der Waals surface area contributed by atoms with E-state index in [1.54, 1.807) is 4.90 Å². The van der Waals surface area contributed by atoms with E-state index < -0.39 is 27.7 Å². The molecule has 160 valence electrons. The highest BCUT2D eigenvalue weighted by molar-refractivity contribution is 7.91. The predicted octanol–water partition coefficient (Wildman–Crippen LogP) is 1.13. The fourth-order valence-electron chi connectivity index (χ4n) is 4.21. The van der Waals surface area contributed by atoms with Gasteiger partial charge in [0.2, 0.25) is 0 Å². The van der Waals surface area contributed by atoms with Crippen LogP contribution in [-0.4, -0.2) is 80.9 Å². The molecule has 1 aromatic carbocycles. The zero-order valence-electron chi connectivity index (χ0n) is 17.0. The Morgan fingerprint density at radius 2 is 1.83 bits per heavy atom. The van der Waals surface area contributed by atoms with Gasteiger partial charge in [-0.25, -0.2) is 8.42 Å². The molecule has 0 spiro atoms. The number of benzene rings is 1. The molecule has 0 N–H and O–H groups in total. The molecule has 0 aromatic heterocycles. The van der Waals surface area contributed by atoms with Crippen LogP contribution < -0.4 is 0 Å². The van der Waals surface area contributed by atoms with E-state index in [4.69, 9.17) is 4.74 Å². The highest BCUT2D eigenvalue weighted by Gasteiger charge is 2.38. The summed E-state index contributed by atoms with van der Waals surface area (Å²) in [6.45, 7) is 1.62. The Labute approximate surface area is 172 Å². The van der Waals surface area contributed by atoms with Crippen LogP contribution in [0.5, 0.6) is 0 Å². The molecule has 0 bridgehead atoms. The Bertz CT molecular complexity index is 804. The number of methoxy groups -OCH3 is 1. The van der Waals surface area contributed by atoms with Gasteiger partial charge in [-0.05, 0) is 37.2 Å². The van der Waals surface area contributed by atoms with E-state index in [-0.39, 0.29) is 24.7 Å². The van der Waals surface area contributed by atoms with Crippen molar-refractivity contribution in [1.82, 2.24) is 9.80 Å². The quantitative estimate of drug-likeness (QED) is 0.642. The van der Waals surface area contributed by atoms with Crippen molar-refractivity contribution in [3.8, 4) is 0 Å². The Kier molecular flexibility index (Phi) is 7.29. The number of carbonyl (C=O) groups excluding carboxylic acids is 2. The van der Waals surface area contributed by atoms with Crippen molar-refractivity contribution >= 4 is 21.7 Å². The lowest BCUT2D eigenvalue weighted by molar-refractivity contribution is -0.154. The maximum atomic E-state index is 12.9.